The van der Waals surface area contributed by atoms with Crippen molar-refractivity contribution in [3.8, 4) is 5.75 Å². The van der Waals surface area contributed by atoms with E-state index in [0.717, 1.165) is 5.56 Å². The minimum atomic E-state index is -1.01. The van der Waals surface area contributed by atoms with Gasteiger partial charge in [-0.3, -0.25) is 4.79 Å². The fraction of sp³-hybridized carbons (Fsp3) is 0.125. The van der Waals surface area contributed by atoms with Crippen molar-refractivity contribution in [2.24, 2.45) is 0 Å². The van der Waals surface area contributed by atoms with Crippen LogP contribution in [0.4, 0.5) is 5.69 Å². The number of amides is 1. The topological polar surface area (TPSA) is 66.8 Å². The van der Waals surface area contributed by atoms with Crippen LogP contribution in [0.2, 0.25) is 5.02 Å². The SMILES string of the molecule is O=C(O)c1ccc(N2Cc3cc(Cl)ccc3OCC2=O)cc1. The molecule has 6 heteroatoms. The molecule has 0 spiro atoms. The highest BCUT2D eigenvalue weighted by Gasteiger charge is 2.23. The van der Waals surface area contributed by atoms with Crippen molar-refractivity contribution in [2.45, 2.75) is 6.54 Å². The van der Waals surface area contributed by atoms with Crippen molar-refractivity contribution >= 4 is 29.2 Å². The van der Waals surface area contributed by atoms with Crippen molar-refractivity contribution in [3.63, 3.8) is 0 Å². The third kappa shape index (κ3) is 2.76. The van der Waals surface area contributed by atoms with Gasteiger partial charge in [-0.05, 0) is 42.5 Å². The van der Waals surface area contributed by atoms with E-state index >= 15 is 0 Å². The fourth-order valence-electron chi connectivity index (χ4n) is 2.31. The van der Waals surface area contributed by atoms with E-state index in [1.54, 1.807) is 35.2 Å². The Bertz CT molecular complexity index is 742. The summed E-state index contributed by atoms with van der Waals surface area (Å²) >= 11 is 5.99. The number of nitrogens with zero attached hydrogens (tertiary/aromatic N) is 1. The molecule has 22 heavy (non-hydrogen) atoms. The molecule has 0 atom stereocenters. The molecule has 0 saturated heterocycles. The summed E-state index contributed by atoms with van der Waals surface area (Å²) in [7, 11) is 0. The molecule has 0 bridgehead atoms. The molecular formula is C16H12ClNO4. The zero-order valence-corrected chi connectivity index (χ0v) is 12.2. The molecule has 1 heterocycles. The van der Waals surface area contributed by atoms with Gasteiger partial charge in [0.1, 0.15) is 5.75 Å². The number of halogens is 1. The van der Waals surface area contributed by atoms with Gasteiger partial charge in [-0.2, -0.15) is 0 Å². The minimum Gasteiger partial charge on any atom is -0.483 e. The van der Waals surface area contributed by atoms with E-state index in [-0.39, 0.29) is 18.1 Å². The first-order valence-corrected chi connectivity index (χ1v) is 6.97. The van der Waals surface area contributed by atoms with Gasteiger partial charge in [0.2, 0.25) is 0 Å². The largest absolute Gasteiger partial charge is 0.483 e. The number of anilines is 1. The summed E-state index contributed by atoms with van der Waals surface area (Å²) in [6, 6.07) is 11.4. The number of hydrogen-bond acceptors (Lipinski definition) is 3. The summed E-state index contributed by atoms with van der Waals surface area (Å²) in [5.41, 5.74) is 1.60. The second kappa shape index (κ2) is 5.69. The molecule has 1 aliphatic heterocycles. The monoisotopic (exact) mass is 317 g/mol. The molecule has 1 aliphatic rings. The number of ether oxygens (including phenoxy) is 1. The second-order valence-corrected chi connectivity index (χ2v) is 5.31. The highest BCUT2D eigenvalue weighted by atomic mass is 35.5. The van der Waals surface area contributed by atoms with Gasteiger partial charge < -0.3 is 14.7 Å². The van der Waals surface area contributed by atoms with E-state index in [1.807, 2.05) is 0 Å². The van der Waals surface area contributed by atoms with E-state index in [1.165, 1.54) is 12.1 Å². The number of aromatic carboxylic acids is 1. The predicted molar refractivity (Wildman–Crippen MR) is 81.5 cm³/mol. The Kier molecular flexibility index (Phi) is 3.73. The molecule has 0 aromatic heterocycles. The van der Waals surface area contributed by atoms with E-state index < -0.39 is 5.97 Å². The zero-order chi connectivity index (χ0) is 15.7. The first kappa shape index (κ1) is 14.4. The van der Waals surface area contributed by atoms with Gasteiger partial charge in [0.25, 0.3) is 5.91 Å². The summed E-state index contributed by atoms with van der Waals surface area (Å²) < 4.78 is 5.49. The predicted octanol–water partition coefficient (Wildman–Crippen LogP) is 2.96. The maximum absolute atomic E-state index is 12.2. The number of fused-ring (bicyclic) bond motifs is 1. The van der Waals surface area contributed by atoms with Crippen molar-refractivity contribution in [1.82, 2.24) is 0 Å². The van der Waals surface area contributed by atoms with Crippen LogP contribution in [-0.2, 0) is 11.3 Å². The lowest BCUT2D eigenvalue weighted by molar-refractivity contribution is -0.120. The zero-order valence-electron chi connectivity index (χ0n) is 11.5. The van der Waals surface area contributed by atoms with Crippen LogP contribution >= 0.6 is 11.6 Å². The molecule has 1 amide bonds. The standard InChI is InChI=1S/C16H12ClNO4/c17-12-3-6-14-11(7-12)8-18(15(19)9-22-14)13-4-1-10(2-5-13)16(20)21/h1-7H,8-9H2,(H,20,21). The average Bonchev–Trinajstić information content (AvgIpc) is 2.66. The fourth-order valence-corrected chi connectivity index (χ4v) is 2.50. The number of carbonyl (C=O) groups excluding carboxylic acids is 1. The maximum atomic E-state index is 12.2. The van der Waals surface area contributed by atoms with Gasteiger partial charge in [0.05, 0.1) is 12.1 Å². The first-order chi connectivity index (χ1) is 10.5. The van der Waals surface area contributed by atoms with E-state index in [0.29, 0.717) is 23.0 Å². The number of hydrogen-bond donors (Lipinski definition) is 1. The quantitative estimate of drug-likeness (QED) is 0.924. The van der Waals surface area contributed by atoms with Crippen molar-refractivity contribution in [1.29, 1.82) is 0 Å². The Morgan fingerprint density at radius 1 is 1.18 bits per heavy atom. The molecule has 5 nitrogen and oxygen atoms in total. The van der Waals surface area contributed by atoms with Gasteiger partial charge in [-0.25, -0.2) is 4.79 Å². The van der Waals surface area contributed by atoms with Crippen LogP contribution in [0.5, 0.6) is 5.75 Å². The minimum absolute atomic E-state index is 0.0741. The van der Waals surface area contributed by atoms with Gasteiger partial charge in [0.15, 0.2) is 6.61 Å². The third-order valence-electron chi connectivity index (χ3n) is 3.43. The number of carbonyl (C=O) groups is 2. The first-order valence-electron chi connectivity index (χ1n) is 6.59. The van der Waals surface area contributed by atoms with Crippen LogP contribution in [0.15, 0.2) is 42.5 Å². The highest BCUT2D eigenvalue weighted by molar-refractivity contribution is 6.30. The second-order valence-electron chi connectivity index (χ2n) is 4.87. The summed E-state index contributed by atoms with van der Waals surface area (Å²) in [5.74, 6) is -0.577. The average molecular weight is 318 g/mol. The van der Waals surface area contributed by atoms with Gasteiger partial charge in [0, 0.05) is 16.3 Å². The van der Waals surface area contributed by atoms with Gasteiger partial charge in [-0.1, -0.05) is 11.6 Å². The third-order valence-corrected chi connectivity index (χ3v) is 3.66. The maximum Gasteiger partial charge on any atom is 0.335 e. The molecule has 112 valence electrons. The Balaban J connectivity index is 1.95. The summed E-state index contributed by atoms with van der Waals surface area (Å²) in [6.07, 6.45) is 0. The Hall–Kier alpha value is -2.53. The molecule has 2 aromatic rings. The van der Waals surface area contributed by atoms with Crippen LogP contribution in [0.3, 0.4) is 0 Å². The van der Waals surface area contributed by atoms with Crippen molar-refractivity contribution in [2.75, 3.05) is 11.5 Å². The van der Waals surface area contributed by atoms with Crippen LogP contribution < -0.4 is 9.64 Å². The molecule has 3 rings (SSSR count). The lowest BCUT2D eigenvalue weighted by Gasteiger charge is -2.20. The van der Waals surface area contributed by atoms with E-state index in [9.17, 15) is 9.59 Å². The van der Waals surface area contributed by atoms with Crippen LogP contribution in [-0.4, -0.2) is 23.6 Å². The number of carboxylic acid groups (broad SMARTS) is 1. The number of carboxylic acids is 1. The van der Waals surface area contributed by atoms with Crippen molar-refractivity contribution in [3.05, 3.63) is 58.6 Å². The highest BCUT2D eigenvalue weighted by Crippen LogP contribution is 2.29. The summed E-state index contributed by atoms with van der Waals surface area (Å²) in [6.45, 7) is 0.246. The lowest BCUT2D eigenvalue weighted by atomic mass is 10.1. The molecule has 2 aromatic carbocycles. The normalized spacial score (nSPS) is 14.0. The molecule has 0 fully saturated rings. The molecule has 0 radical (unpaired) electrons. The Labute approximate surface area is 131 Å². The van der Waals surface area contributed by atoms with E-state index in [4.69, 9.17) is 21.4 Å². The van der Waals surface area contributed by atoms with Crippen LogP contribution in [0.1, 0.15) is 15.9 Å². The summed E-state index contributed by atoms with van der Waals surface area (Å²) in [4.78, 5) is 24.7. The Morgan fingerprint density at radius 3 is 2.59 bits per heavy atom. The number of rotatable bonds is 2. The van der Waals surface area contributed by atoms with E-state index in [2.05, 4.69) is 0 Å². The number of benzene rings is 2. The molecule has 1 N–H and O–H groups in total. The van der Waals surface area contributed by atoms with Crippen LogP contribution in [0, 0.1) is 0 Å². The van der Waals surface area contributed by atoms with Crippen molar-refractivity contribution < 1.29 is 19.4 Å². The molecule has 0 saturated carbocycles. The van der Waals surface area contributed by atoms with Gasteiger partial charge >= 0.3 is 5.97 Å². The molecule has 0 aliphatic carbocycles. The summed E-state index contributed by atoms with van der Waals surface area (Å²) in [5, 5.41) is 9.50. The molecular weight excluding hydrogens is 306 g/mol. The smallest absolute Gasteiger partial charge is 0.335 e. The Morgan fingerprint density at radius 2 is 1.91 bits per heavy atom. The van der Waals surface area contributed by atoms with Crippen LogP contribution in [0.25, 0.3) is 0 Å². The van der Waals surface area contributed by atoms with Gasteiger partial charge in [-0.15, -0.1) is 0 Å². The lowest BCUT2D eigenvalue weighted by Crippen LogP contribution is -2.32. The molecule has 0 unspecified atom stereocenters.